The Labute approximate surface area is 222 Å². The molecule has 0 unspecified atom stereocenters. The molecule has 0 aliphatic carbocycles. The molecule has 0 spiro atoms. The number of aromatic nitrogens is 1. The fourth-order valence-electron chi connectivity index (χ4n) is 4.12. The SMILES string of the molecule is COc1cc(F)ccc1-c1cc(C)ncc1CNC(=O)c1cc(C(F)(F)F)cc(S(=O)(=O)N2CCOCC2)c1. The van der Waals surface area contributed by atoms with E-state index in [4.69, 9.17) is 9.47 Å². The van der Waals surface area contributed by atoms with Crippen LogP contribution in [0.4, 0.5) is 17.6 Å². The molecule has 8 nitrogen and oxygen atoms in total. The summed E-state index contributed by atoms with van der Waals surface area (Å²) in [7, 11) is -2.93. The molecule has 1 aliphatic rings. The van der Waals surface area contributed by atoms with Crippen LogP contribution in [-0.4, -0.2) is 57.0 Å². The maximum absolute atomic E-state index is 13.7. The summed E-state index contributed by atoms with van der Waals surface area (Å²) in [5.41, 5.74) is 0.452. The van der Waals surface area contributed by atoms with Crippen LogP contribution in [0.25, 0.3) is 11.1 Å². The van der Waals surface area contributed by atoms with Crippen LogP contribution in [0.5, 0.6) is 5.75 Å². The van der Waals surface area contributed by atoms with Gasteiger partial charge < -0.3 is 14.8 Å². The molecule has 1 aromatic heterocycles. The number of benzene rings is 2. The number of amides is 1. The first-order chi connectivity index (χ1) is 18.4. The number of hydrogen-bond acceptors (Lipinski definition) is 6. The fourth-order valence-corrected chi connectivity index (χ4v) is 5.60. The molecule has 3 aromatic rings. The van der Waals surface area contributed by atoms with Crippen molar-refractivity contribution in [1.82, 2.24) is 14.6 Å². The number of rotatable bonds is 7. The average molecular weight is 568 g/mol. The van der Waals surface area contributed by atoms with Crippen molar-refractivity contribution in [3.63, 3.8) is 0 Å². The van der Waals surface area contributed by atoms with Gasteiger partial charge in [0.25, 0.3) is 5.91 Å². The molecule has 1 N–H and O–H groups in total. The second-order valence-electron chi connectivity index (χ2n) is 8.77. The smallest absolute Gasteiger partial charge is 0.416 e. The van der Waals surface area contributed by atoms with Gasteiger partial charge in [-0.1, -0.05) is 0 Å². The van der Waals surface area contributed by atoms with Gasteiger partial charge in [0.1, 0.15) is 11.6 Å². The Morgan fingerprint density at radius 2 is 1.82 bits per heavy atom. The number of carbonyl (C=O) groups excluding carboxylic acids is 1. The zero-order chi connectivity index (χ0) is 28.4. The molecule has 0 bridgehead atoms. The van der Waals surface area contributed by atoms with Crippen LogP contribution in [0, 0.1) is 12.7 Å². The molecule has 4 rings (SSSR count). The molecule has 0 radical (unpaired) electrons. The van der Waals surface area contributed by atoms with Crippen molar-refractivity contribution in [2.75, 3.05) is 33.4 Å². The number of alkyl halides is 3. The first kappa shape index (κ1) is 28.5. The Morgan fingerprint density at radius 1 is 1.10 bits per heavy atom. The van der Waals surface area contributed by atoms with Crippen LogP contribution in [0.2, 0.25) is 0 Å². The second-order valence-corrected chi connectivity index (χ2v) is 10.7. The topological polar surface area (TPSA) is 97.8 Å². The number of ether oxygens (including phenoxy) is 2. The first-order valence-electron chi connectivity index (χ1n) is 11.8. The van der Waals surface area contributed by atoms with E-state index in [9.17, 15) is 30.8 Å². The van der Waals surface area contributed by atoms with Crippen molar-refractivity contribution in [3.05, 3.63) is 76.9 Å². The summed E-state index contributed by atoms with van der Waals surface area (Å²) in [6.45, 7) is 1.76. The number of halogens is 4. The molecule has 1 aliphatic heterocycles. The molecule has 208 valence electrons. The third-order valence-corrected chi connectivity index (χ3v) is 8.00. The lowest BCUT2D eigenvalue weighted by molar-refractivity contribution is -0.137. The molecular formula is C26H25F4N3O5S. The molecule has 0 saturated carbocycles. The number of hydrogen-bond donors (Lipinski definition) is 1. The quantitative estimate of drug-likeness (QED) is 0.431. The molecule has 1 amide bonds. The predicted octanol–water partition coefficient (Wildman–Crippen LogP) is 4.17. The number of sulfonamides is 1. The van der Waals surface area contributed by atoms with E-state index >= 15 is 0 Å². The molecule has 2 heterocycles. The van der Waals surface area contributed by atoms with E-state index in [1.807, 2.05) is 0 Å². The number of pyridine rings is 1. The molecule has 2 aromatic carbocycles. The van der Waals surface area contributed by atoms with E-state index in [0.29, 0.717) is 34.5 Å². The Bertz CT molecular complexity index is 1490. The van der Waals surface area contributed by atoms with Crippen LogP contribution in [-0.2, 0) is 27.5 Å². The maximum atomic E-state index is 13.7. The molecule has 13 heteroatoms. The number of morpholine rings is 1. The van der Waals surface area contributed by atoms with Crippen LogP contribution in [0.15, 0.2) is 53.6 Å². The zero-order valence-corrected chi connectivity index (χ0v) is 21.8. The lowest BCUT2D eigenvalue weighted by atomic mass is 9.99. The van der Waals surface area contributed by atoms with Gasteiger partial charge >= 0.3 is 6.18 Å². The van der Waals surface area contributed by atoms with Crippen molar-refractivity contribution < 1.29 is 40.2 Å². The molecule has 1 saturated heterocycles. The van der Waals surface area contributed by atoms with Gasteiger partial charge in [0.2, 0.25) is 10.0 Å². The van der Waals surface area contributed by atoms with Crippen molar-refractivity contribution in [1.29, 1.82) is 0 Å². The van der Waals surface area contributed by atoms with E-state index < -0.39 is 43.9 Å². The summed E-state index contributed by atoms with van der Waals surface area (Å²) in [4.78, 5) is 16.6. The highest BCUT2D eigenvalue weighted by Crippen LogP contribution is 2.34. The highest BCUT2D eigenvalue weighted by Gasteiger charge is 2.35. The molecule has 0 atom stereocenters. The van der Waals surface area contributed by atoms with Gasteiger partial charge in [-0.15, -0.1) is 0 Å². The lowest BCUT2D eigenvalue weighted by Crippen LogP contribution is -2.40. The summed E-state index contributed by atoms with van der Waals surface area (Å²) in [5.74, 6) is -1.19. The van der Waals surface area contributed by atoms with Crippen LogP contribution >= 0.6 is 0 Å². The van der Waals surface area contributed by atoms with Gasteiger partial charge in [-0.3, -0.25) is 9.78 Å². The van der Waals surface area contributed by atoms with Crippen molar-refractivity contribution in [2.24, 2.45) is 0 Å². The number of nitrogens with one attached hydrogen (secondary N) is 1. The summed E-state index contributed by atoms with van der Waals surface area (Å²) in [5, 5.41) is 2.54. The number of methoxy groups -OCH3 is 1. The highest BCUT2D eigenvalue weighted by molar-refractivity contribution is 7.89. The third kappa shape index (κ3) is 6.37. The van der Waals surface area contributed by atoms with Crippen LogP contribution in [0.1, 0.15) is 27.2 Å². The second kappa shape index (κ2) is 11.3. The maximum Gasteiger partial charge on any atom is 0.416 e. The van der Waals surface area contributed by atoms with Crippen LogP contribution in [0.3, 0.4) is 0 Å². The summed E-state index contributed by atoms with van der Waals surface area (Å²) >= 11 is 0. The molecule has 39 heavy (non-hydrogen) atoms. The predicted molar refractivity (Wildman–Crippen MR) is 133 cm³/mol. The number of aryl methyl sites for hydroxylation is 1. The Hall–Kier alpha value is -3.55. The summed E-state index contributed by atoms with van der Waals surface area (Å²) in [6, 6.07) is 7.70. The van der Waals surface area contributed by atoms with E-state index in [1.54, 1.807) is 13.0 Å². The Morgan fingerprint density at radius 3 is 2.49 bits per heavy atom. The first-order valence-corrected chi connectivity index (χ1v) is 13.2. The lowest BCUT2D eigenvalue weighted by Gasteiger charge is -2.26. The Kier molecular flexibility index (Phi) is 8.23. The van der Waals surface area contributed by atoms with Gasteiger partial charge in [-0.2, -0.15) is 17.5 Å². The van der Waals surface area contributed by atoms with Gasteiger partial charge in [0.15, 0.2) is 0 Å². The number of nitrogens with zero attached hydrogens (tertiary/aromatic N) is 2. The van der Waals surface area contributed by atoms with E-state index in [0.717, 1.165) is 10.4 Å². The van der Waals surface area contributed by atoms with Crippen molar-refractivity contribution in [2.45, 2.75) is 24.5 Å². The minimum Gasteiger partial charge on any atom is -0.496 e. The standard InChI is InChI=1S/C26H25F4N3O5S/c1-16-9-23(22-4-3-20(27)13-24(22)37-2)18(14-31-16)15-32-25(34)17-10-19(26(28,29)30)12-21(11-17)39(35,36)33-5-7-38-8-6-33/h3-4,9-14H,5-8,15H2,1-2H3,(H,32,34). The minimum atomic E-state index is -4.89. The zero-order valence-electron chi connectivity index (χ0n) is 21.0. The van der Waals surface area contributed by atoms with Gasteiger partial charge in [-0.25, -0.2) is 12.8 Å². The van der Waals surface area contributed by atoms with E-state index in [-0.39, 0.29) is 38.6 Å². The van der Waals surface area contributed by atoms with Gasteiger partial charge in [-0.05, 0) is 54.4 Å². The largest absolute Gasteiger partial charge is 0.496 e. The fraction of sp³-hybridized carbons (Fsp3) is 0.308. The normalized spacial score (nSPS) is 14.7. The molecule has 1 fully saturated rings. The molecular weight excluding hydrogens is 542 g/mol. The monoisotopic (exact) mass is 567 g/mol. The highest BCUT2D eigenvalue weighted by atomic mass is 32.2. The third-order valence-electron chi connectivity index (χ3n) is 6.12. The van der Waals surface area contributed by atoms with E-state index in [2.05, 4.69) is 10.3 Å². The van der Waals surface area contributed by atoms with Crippen LogP contribution < -0.4 is 10.1 Å². The summed E-state index contributed by atoms with van der Waals surface area (Å²) < 4.78 is 92.3. The minimum absolute atomic E-state index is 0.0177. The van der Waals surface area contributed by atoms with Gasteiger partial charge in [0.05, 0.1) is 30.8 Å². The average Bonchev–Trinajstić information content (AvgIpc) is 2.91. The van der Waals surface area contributed by atoms with Crippen molar-refractivity contribution in [3.8, 4) is 16.9 Å². The number of carbonyl (C=O) groups is 1. The van der Waals surface area contributed by atoms with Gasteiger partial charge in [0, 0.05) is 48.7 Å². The van der Waals surface area contributed by atoms with E-state index in [1.165, 1.54) is 31.5 Å². The summed E-state index contributed by atoms with van der Waals surface area (Å²) in [6.07, 6.45) is -3.41. The Balaban J connectivity index is 1.66. The van der Waals surface area contributed by atoms with Crippen molar-refractivity contribution >= 4 is 15.9 Å².